The van der Waals surface area contributed by atoms with Gasteiger partial charge in [0.15, 0.2) is 0 Å². The second-order valence-corrected chi connectivity index (χ2v) is 7.85. The summed E-state index contributed by atoms with van der Waals surface area (Å²) in [5.41, 5.74) is 8.18. The monoisotopic (exact) mass is 451 g/mol. The number of carbonyl (C=O) groups is 1. The molecule has 0 aliphatic carbocycles. The number of benzene rings is 1. The van der Waals surface area contributed by atoms with E-state index in [4.69, 9.17) is 5.73 Å². The van der Waals surface area contributed by atoms with Crippen molar-refractivity contribution >= 4 is 37.8 Å². The van der Waals surface area contributed by atoms with E-state index in [2.05, 4.69) is 49.0 Å². The molecule has 1 aromatic heterocycles. The molecule has 0 spiro atoms. The first-order chi connectivity index (χ1) is 11.5. The fourth-order valence-corrected chi connectivity index (χ4v) is 3.79. The standard InChI is InChI=1S/C18H19Br2N3O/c19-13-5-3-12(4-6-13)17-2-1-9-23(17)18(24)16(21)11-15-10-14(20)7-8-22-15/h3-8,10,16-17H,1-2,9,11,21H2/t16-,17?/m0/s1. The highest BCUT2D eigenvalue weighted by Gasteiger charge is 2.32. The molecule has 2 aromatic rings. The highest BCUT2D eigenvalue weighted by atomic mass is 79.9. The van der Waals surface area contributed by atoms with Crippen molar-refractivity contribution in [3.8, 4) is 0 Å². The van der Waals surface area contributed by atoms with Crippen molar-refractivity contribution in [2.45, 2.75) is 31.3 Å². The molecule has 1 aliphatic heterocycles. The third kappa shape index (κ3) is 4.05. The van der Waals surface area contributed by atoms with E-state index >= 15 is 0 Å². The Morgan fingerprint density at radius 3 is 2.71 bits per heavy atom. The fraction of sp³-hybridized carbons (Fsp3) is 0.333. The number of hydrogen-bond acceptors (Lipinski definition) is 3. The average Bonchev–Trinajstić information content (AvgIpc) is 3.04. The first-order valence-corrected chi connectivity index (χ1v) is 9.55. The van der Waals surface area contributed by atoms with Crippen LogP contribution in [0, 0.1) is 0 Å². The van der Waals surface area contributed by atoms with Crippen molar-refractivity contribution in [3.05, 3.63) is 62.8 Å². The lowest BCUT2D eigenvalue weighted by Crippen LogP contribution is -2.44. The second-order valence-electron chi connectivity index (χ2n) is 6.02. The van der Waals surface area contributed by atoms with E-state index in [1.165, 1.54) is 0 Å². The maximum absolute atomic E-state index is 12.8. The Morgan fingerprint density at radius 2 is 2.00 bits per heavy atom. The molecule has 1 fully saturated rings. The van der Waals surface area contributed by atoms with Gasteiger partial charge in [-0.25, -0.2) is 0 Å². The van der Waals surface area contributed by atoms with Crippen molar-refractivity contribution in [1.82, 2.24) is 9.88 Å². The molecule has 2 atom stereocenters. The zero-order valence-electron chi connectivity index (χ0n) is 13.2. The molecule has 1 aromatic carbocycles. The lowest BCUT2D eigenvalue weighted by atomic mass is 10.0. The molecule has 2 N–H and O–H groups in total. The van der Waals surface area contributed by atoms with E-state index in [-0.39, 0.29) is 11.9 Å². The third-order valence-corrected chi connectivity index (χ3v) is 5.34. The zero-order chi connectivity index (χ0) is 17.1. The van der Waals surface area contributed by atoms with E-state index in [1.54, 1.807) is 6.20 Å². The summed E-state index contributed by atoms with van der Waals surface area (Å²) in [4.78, 5) is 19.0. The van der Waals surface area contributed by atoms with Crippen LogP contribution in [-0.2, 0) is 11.2 Å². The summed E-state index contributed by atoms with van der Waals surface area (Å²) in [6.07, 6.45) is 4.16. The highest BCUT2D eigenvalue weighted by Crippen LogP contribution is 2.33. The molecule has 126 valence electrons. The highest BCUT2D eigenvalue weighted by molar-refractivity contribution is 9.10. The van der Waals surface area contributed by atoms with Crippen LogP contribution in [0.4, 0.5) is 0 Å². The summed E-state index contributed by atoms with van der Waals surface area (Å²) in [5, 5.41) is 0. The van der Waals surface area contributed by atoms with Gasteiger partial charge in [0.2, 0.25) is 5.91 Å². The summed E-state index contributed by atoms with van der Waals surface area (Å²) >= 11 is 6.87. The molecule has 0 saturated carbocycles. The molecule has 1 saturated heterocycles. The molecule has 0 radical (unpaired) electrons. The molecule has 1 unspecified atom stereocenters. The van der Waals surface area contributed by atoms with Crippen LogP contribution in [0.15, 0.2) is 51.5 Å². The van der Waals surface area contributed by atoms with E-state index in [1.807, 2.05) is 29.2 Å². The number of hydrogen-bond donors (Lipinski definition) is 1. The van der Waals surface area contributed by atoms with Gasteiger partial charge in [0.25, 0.3) is 0 Å². The minimum Gasteiger partial charge on any atom is -0.334 e. The van der Waals surface area contributed by atoms with Gasteiger partial charge in [0, 0.05) is 33.8 Å². The summed E-state index contributed by atoms with van der Waals surface area (Å²) in [5.74, 6) is 0.00203. The van der Waals surface area contributed by atoms with Crippen LogP contribution >= 0.6 is 31.9 Å². The third-order valence-electron chi connectivity index (χ3n) is 4.32. The minimum atomic E-state index is -0.567. The summed E-state index contributed by atoms with van der Waals surface area (Å²) in [7, 11) is 0. The number of rotatable bonds is 4. The molecule has 6 heteroatoms. The van der Waals surface area contributed by atoms with Gasteiger partial charge in [-0.15, -0.1) is 0 Å². The molecule has 4 nitrogen and oxygen atoms in total. The van der Waals surface area contributed by atoms with Gasteiger partial charge in [-0.05, 0) is 42.7 Å². The zero-order valence-corrected chi connectivity index (χ0v) is 16.3. The van der Waals surface area contributed by atoms with Gasteiger partial charge in [-0.1, -0.05) is 44.0 Å². The van der Waals surface area contributed by atoms with Gasteiger partial charge in [0.1, 0.15) is 0 Å². The molecule has 1 aliphatic rings. The van der Waals surface area contributed by atoms with E-state index in [9.17, 15) is 4.79 Å². The number of aromatic nitrogens is 1. The van der Waals surface area contributed by atoms with Crippen LogP contribution in [0.25, 0.3) is 0 Å². The van der Waals surface area contributed by atoms with Gasteiger partial charge in [0.05, 0.1) is 12.1 Å². The SMILES string of the molecule is N[C@@H](Cc1cc(Br)ccn1)C(=O)N1CCCC1c1ccc(Br)cc1. The van der Waals surface area contributed by atoms with Gasteiger partial charge in [-0.3, -0.25) is 9.78 Å². The topological polar surface area (TPSA) is 59.2 Å². The summed E-state index contributed by atoms with van der Waals surface area (Å²) < 4.78 is 1.99. The quantitative estimate of drug-likeness (QED) is 0.766. The van der Waals surface area contributed by atoms with Crippen LogP contribution in [0.5, 0.6) is 0 Å². The van der Waals surface area contributed by atoms with E-state index in [0.717, 1.165) is 39.6 Å². The fourth-order valence-electron chi connectivity index (χ4n) is 3.15. The predicted molar refractivity (Wildman–Crippen MR) is 101 cm³/mol. The molecular weight excluding hydrogens is 434 g/mol. The Hall–Kier alpha value is -1.24. The Kier molecular flexibility index (Phi) is 5.69. The van der Waals surface area contributed by atoms with Crippen LogP contribution in [-0.4, -0.2) is 28.4 Å². The Balaban J connectivity index is 1.71. The molecule has 1 amide bonds. The summed E-state index contributed by atoms with van der Waals surface area (Å²) in [6.45, 7) is 0.763. The average molecular weight is 453 g/mol. The normalized spacial score (nSPS) is 18.6. The number of pyridine rings is 1. The van der Waals surface area contributed by atoms with Crippen molar-refractivity contribution < 1.29 is 4.79 Å². The van der Waals surface area contributed by atoms with E-state index < -0.39 is 6.04 Å². The van der Waals surface area contributed by atoms with Crippen LogP contribution in [0.3, 0.4) is 0 Å². The lowest BCUT2D eigenvalue weighted by Gasteiger charge is -2.27. The number of nitrogens with zero attached hydrogens (tertiary/aromatic N) is 2. The maximum Gasteiger partial charge on any atom is 0.240 e. The minimum absolute atomic E-state index is 0.00203. The predicted octanol–water partition coefficient (Wildman–Crippen LogP) is 3.84. The van der Waals surface area contributed by atoms with Crippen molar-refractivity contribution in [3.63, 3.8) is 0 Å². The van der Waals surface area contributed by atoms with Gasteiger partial charge < -0.3 is 10.6 Å². The largest absolute Gasteiger partial charge is 0.334 e. The molecular formula is C18H19Br2N3O. The smallest absolute Gasteiger partial charge is 0.240 e. The first-order valence-electron chi connectivity index (χ1n) is 7.96. The summed E-state index contributed by atoms with van der Waals surface area (Å²) in [6, 6.07) is 11.5. The van der Waals surface area contributed by atoms with Crippen LogP contribution < -0.4 is 5.73 Å². The van der Waals surface area contributed by atoms with Crippen LogP contribution in [0.1, 0.15) is 30.1 Å². The van der Waals surface area contributed by atoms with Gasteiger partial charge in [-0.2, -0.15) is 0 Å². The van der Waals surface area contributed by atoms with Gasteiger partial charge >= 0.3 is 0 Å². The van der Waals surface area contributed by atoms with E-state index in [0.29, 0.717) is 6.42 Å². The molecule has 24 heavy (non-hydrogen) atoms. The van der Waals surface area contributed by atoms with Crippen molar-refractivity contribution in [2.24, 2.45) is 5.73 Å². The number of nitrogens with two attached hydrogens (primary N) is 1. The number of halogens is 2. The molecule has 0 bridgehead atoms. The Labute approximate surface area is 158 Å². The number of carbonyl (C=O) groups excluding carboxylic acids is 1. The molecule has 2 heterocycles. The number of amides is 1. The number of likely N-dealkylation sites (tertiary alicyclic amines) is 1. The molecule has 3 rings (SSSR count). The Morgan fingerprint density at radius 1 is 1.25 bits per heavy atom. The first kappa shape index (κ1) is 17.6. The second kappa shape index (κ2) is 7.76. The lowest BCUT2D eigenvalue weighted by molar-refractivity contribution is -0.133. The van der Waals surface area contributed by atoms with Crippen molar-refractivity contribution in [2.75, 3.05) is 6.54 Å². The maximum atomic E-state index is 12.8. The van der Waals surface area contributed by atoms with Crippen LogP contribution in [0.2, 0.25) is 0 Å². The van der Waals surface area contributed by atoms with Crippen molar-refractivity contribution in [1.29, 1.82) is 0 Å². The Bertz CT molecular complexity index is 720.